The van der Waals surface area contributed by atoms with Crippen molar-refractivity contribution in [3.8, 4) is 0 Å². The molecule has 8 heteroatoms. The summed E-state index contributed by atoms with van der Waals surface area (Å²) in [4.78, 5) is 33.3. The van der Waals surface area contributed by atoms with Crippen LogP contribution in [0.1, 0.15) is 18.5 Å². The number of benzene rings is 3. The van der Waals surface area contributed by atoms with Crippen LogP contribution in [0.4, 0.5) is 11.4 Å². The first-order valence-corrected chi connectivity index (χ1v) is 13.0. The summed E-state index contributed by atoms with van der Waals surface area (Å²) in [7, 11) is 0. The number of ether oxygens (including phenoxy) is 1. The van der Waals surface area contributed by atoms with Crippen LogP contribution in [0.5, 0.6) is 0 Å². The third-order valence-electron chi connectivity index (χ3n) is 6.30. The van der Waals surface area contributed by atoms with Gasteiger partial charge in [-0.3, -0.25) is 14.2 Å². The van der Waals surface area contributed by atoms with Crippen molar-refractivity contribution in [2.45, 2.75) is 18.1 Å². The second kappa shape index (κ2) is 11.0. The predicted molar refractivity (Wildman–Crippen MR) is 145 cm³/mol. The van der Waals surface area contributed by atoms with Crippen molar-refractivity contribution >= 4 is 39.9 Å². The van der Waals surface area contributed by atoms with E-state index in [-0.39, 0.29) is 23.3 Å². The Kier molecular flexibility index (Phi) is 7.34. The molecule has 4 aromatic rings. The van der Waals surface area contributed by atoms with E-state index >= 15 is 0 Å². The SMILES string of the molecule is C[C@@H](c1ccccc1)n1c(SCC(=O)Nc2ccc(N3CCOCC3)cc2)nc2ccccc2c1=O. The molecule has 0 saturated carbocycles. The first-order chi connectivity index (χ1) is 17.6. The highest BCUT2D eigenvalue weighted by Gasteiger charge is 2.19. The van der Waals surface area contributed by atoms with Crippen LogP contribution in [-0.2, 0) is 9.53 Å². The van der Waals surface area contributed by atoms with Gasteiger partial charge in [0.05, 0.1) is 35.9 Å². The first kappa shape index (κ1) is 24.1. The summed E-state index contributed by atoms with van der Waals surface area (Å²) in [5.74, 6) is -0.0160. The summed E-state index contributed by atoms with van der Waals surface area (Å²) in [5, 5.41) is 4.04. The van der Waals surface area contributed by atoms with Crippen LogP contribution in [0, 0.1) is 0 Å². The Morgan fingerprint density at radius 2 is 1.69 bits per heavy atom. The number of carbonyl (C=O) groups is 1. The molecule has 1 aliphatic heterocycles. The van der Waals surface area contributed by atoms with Crippen molar-refractivity contribution in [1.82, 2.24) is 9.55 Å². The average Bonchev–Trinajstić information content (AvgIpc) is 2.93. The van der Waals surface area contributed by atoms with Crippen LogP contribution < -0.4 is 15.8 Å². The fourth-order valence-electron chi connectivity index (χ4n) is 4.35. The Morgan fingerprint density at radius 3 is 2.44 bits per heavy atom. The van der Waals surface area contributed by atoms with Crippen molar-refractivity contribution in [2.75, 3.05) is 42.3 Å². The number of rotatable bonds is 7. The van der Waals surface area contributed by atoms with E-state index < -0.39 is 0 Å². The minimum Gasteiger partial charge on any atom is -0.378 e. The molecule has 0 radical (unpaired) electrons. The molecule has 2 heterocycles. The third kappa shape index (κ3) is 5.29. The Morgan fingerprint density at radius 1 is 1.00 bits per heavy atom. The van der Waals surface area contributed by atoms with Crippen molar-refractivity contribution in [3.05, 3.63) is 94.8 Å². The lowest BCUT2D eigenvalue weighted by Gasteiger charge is -2.28. The summed E-state index contributed by atoms with van der Waals surface area (Å²) in [6.07, 6.45) is 0. The highest BCUT2D eigenvalue weighted by molar-refractivity contribution is 7.99. The molecule has 1 aromatic heterocycles. The van der Waals surface area contributed by atoms with E-state index in [0.29, 0.717) is 16.1 Å². The lowest BCUT2D eigenvalue weighted by Crippen LogP contribution is -2.36. The largest absolute Gasteiger partial charge is 0.378 e. The minimum atomic E-state index is -0.228. The first-order valence-electron chi connectivity index (χ1n) is 12.0. The van der Waals surface area contributed by atoms with Gasteiger partial charge in [-0.15, -0.1) is 0 Å². The van der Waals surface area contributed by atoms with Crippen LogP contribution in [0.15, 0.2) is 88.8 Å². The molecular formula is C28H28N4O3S. The normalized spacial score (nSPS) is 14.5. The molecule has 184 valence electrons. The maximum Gasteiger partial charge on any atom is 0.262 e. The molecule has 1 atom stereocenters. The van der Waals surface area contributed by atoms with Gasteiger partial charge in [-0.05, 0) is 48.9 Å². The molecule has 5 rings (SSSR count). The van der Waals surface area contributed by atoms with Gasteiger partial charge in [0.2, 0.25) is 5.91 Å². The third-order valence-corrected chi connectivity index (χ3v) is 7.26. The van der Waals surface area contributed by atoms with Crippen molar-refractivity contribution in [3.63, 3.8) is 0 Å². The average molecular weight is 501 g/mol. The van der Waals surface area contributed by atoms with Crippen LogP contribution in [0.2, 0.25) is 0 Å². The Labute approximate surface area is 214 Å². The second-order valence-electron chi connectivity index (χ2n) is 8.66. The van der Waals surface area contributed by atoms with Gasteiger partial charge in [-0.2, -0.15) is 0 Å². The van der Waals surface area contributed by atoms with Gasteiger partial charge >= 0.3 is 0 Å². The highest BCUT2D eigenvalue weighted by Crippen LogP contribution is 2.25. The Bertz CT molecular complexity index is 1400. The number of amides is 1. The van der Waals surface area contributed by atoms with Gasteiger partial charge < -0.3 is 15.0 Å². The maximum atomic E-state index is 13.5. The van der Waals surface area contributed by atoms with E-state index in [2.05, 4.69) is 10.2 Å². The van der Waals surface area contributed by atoms with Gasteiger partial charge in [0.1, 0.15) is 0 Å². The second-order valence-corrected chi connectivity index (χ2v) is 9.60. The molecule has 7 nitrogen and oxygen atoms in total. The molecule has 3 aromatic carbocycles. The van der Waals surface area contributed by atoms with Crippen LogP contribution in [0.3, 0.4) is 0 Å². The lowest BCUT2D eigenvalue weighted by atomic mass is 10.1. The van der Waals surface area contributed by atoms with Crippen molar-refractivity contribution in [1.29, 1.82) is 0 Å². The summed E-state index contributed by atoms with van der Waals surface area (Å²) in [5.41, 5.74) is 3.37. The number of hydrogen-bond donors (Lipinski definition) is 1. The van der Waals surface area contributed by atoms with Gasteiger partial charge in [0.25, 0.3) is 5.56 Å². The van der Waals surface area contributed by atoms with Crippen LogP contribution >= 0.6 is 11.8 Å². The molecule has 1 saturated heterocycles. The predicted octanol–water partition coefficient (Wildman–Crippen LogP) is 4.57. The van der Waals surface area contributed by atoms with Crippen LogP contribution in [0.25, 0.3) is 10.9 Å². The highest BCUT2D eigenvalue weighted by atomic mass is 32.2. The Hall–Kier alpha value is -3.62. The topological polar surface area (TPSA) is 76.5 Å². The number of aromatic nitrogens is 2. The van der Waals surface area contributed by atoms with Crippen molar-refractivity contribution < 1.29 is 9.53 Å². The zero-order chi connectivity index (χ0) is 24.9. The number of hydrogen-bond acceptors (Lipinski definition) is 6. The fraction of sp³-hybridized carbons (Fsp3) is 0.250. The van der Waals surface area contributed by atoms with Gasteiger partial charge in [-0.1, -0.05) is 54.2 Å². The molecule has 0 aliphatic carbocycles. The van der Waals surface area contributed by atoms with E-state index in [1.54, 1.807) is 10.6 Å². The van der Waals surface area contributed by atoms with Gasteiger partial charge in [0.15, 0.2) is 5.16 Å². The van der Waals surface area contributed by atoms with E-state index in [1.165, 1.54) is 11.8 Å². The quantitative estimate of drug-likeness (QED) is 0.296. The number of nitrogens with one attached hydrogen (secondary N) is 1. The number of carbonyl (C=O) groups excluding carboxylic acids is 1. The van der Waals surface area contributed by atoms with Crippen molar-refractivity contribution in [2.24, 2.45) is 0 Å². The summed E-state index contributed by atoms with van der Waals surface area (Å²) < 4.78 is 7.10. The zero-order valence-electron chi connectivity index (χ0n) is 20.1. The molecule has 0 spiro atoms. The molecule has 0 unspecified atom stereocenters. The van der Waals surface area contributed by atoms with Crippen LogP contribution in [-0.4, -0.2) is 47.5 Å². The molecule has 1 amide bonds. The molecule has 1 fully saturated rings. The van der Waals surface area contributed by atoms with E-state index in [4.69, 9.17) is 9.72 Å². The lowest BCUT2D eigenvalue weighted by molar-refractivity contribution is -0.113. The molecule has 36 heavy (non-hydrogen) atoms. The monoisotopic (exact) mass is 500 g/mol. The smallest absolute Gasteiger partial charge is 0.262 e. The summed E-state index contributed by atoms with van der Waals surface area (Å²) >= 11 is 1.27. The molecule has 1 aliphatic rings. The van der Waals surface area contributed by atoms with Gasteiger partial charge in [0, 0.05) is 24.5 Å². The summed E-state index contributed by atoms with van der Waals surface area (Å²) in [6, 6.07) is 24.8. The number of morpholine rings is 1. The molecular weight excluding hydrogens is 472 g/mol. The molecule has 0 bridgehead atoms. The van der Waals surface area contributed by atoms with E-state index in [1.807, 2.05) is 79.7 Å². The summed E-state index contributed by atoms with van der Waals surface area (Å²) in [6.45, 7) is 5.17. The molecule has 1 N–H and O–H groups in total. The van der Waals surface area contributed by atoms with E-state index in [0.717, 1.165) is 43.2 Å². The number of para-hydroxylation sites is 1. The number of nitrogens with zero attached hydrogens (tertiary/aromatic N) is 3. The zero-order valence-corrected chi connectivity index (χ0v) is 20.9. The Balaban J connectivity index is 1.33. The van der Waals surface area contributed by atoms with E-state index in [9.17, 15) is 9.59 Å². The number of anilines is 2. The number of fused-ring (bicyclic) bond motifs is 1. The fourth-order valence-corrected chi connectivity index (χ4v) is 5.23. The minimum absolute atomic E-state index is 0.112. The maximum absolute atomic E-state index is 13.5. The number of thioether (sulfide) groups is 1. The standard InChI is InChI=1S/C28H28N4O3S/c1-20(21-7-3-2-4-8-21)32-27(34)24-9-5-6-10-25(24)30-28(32)36-19-26(33)29-22-11-13-23(14-12-22)31-15-17-35-18-16-31/h2-14,20H,15-19H2,1H3,(H,29,33)/t20-/m0/s1. The van der Waals surface area contributed by atoms with Gasteiger partial charge in [-0.25, -0.2) is 4.98 Å².